The number of sulfonamides is 1. The fourth-order valence-electron chi connectivity index (χ4n) is 2.77. The number of piperazine rings is 1. The summed E-state index contributed by atoms with van der Waals surface area (Å²) in [6.07, 6.45) is 3.86. The second kappa shape index (κ2) is 5.45. The Hall–Kier alpha value is -0.170. The van der Waals surface area contributed by atoms with Crippen LogP contribution in [0, 0.1) is 0 Å². The van der Waals surface area contributed by atoms with Crippen LogP contribution in [-0.2, 0) is 10.0 Å². The van der Waals surface area contributed by atoms with E-state index in [9.17, 15) is 8.42 Å². The summed E-state index contributed by atoms with van der Waals surface area (Å²) in [5.74, 6) is 0. The van der Waals surface area contributed by atoms with Crippen LogP contribution >= 0.6 is 0 Å². The maximum atomic E-state index is 11.2. The minimum Gasteiger partial charge on any atom is -0.298 e. The molecule has 0 amide bonds. The van der Waals surface area contributed by atoms with Gasteiger partial charge in [-0.25, -0.2) is 13.1 Å². The molecule has 2 fully saturated rings. The van der Waals surface area contributed by atoms with Gasteiger partial charge in [-0.05, 0) is 26.7 Å². The topological polar surface area (TPSA) is 52.6 Å². The van der Waals surface area contributed by atoms with E-state index in [2.05, 4.69) is 28.4 Å². The highest BCUT2D eigenvalue weighted by Gasteiger charge is 2.36. The molecule has 0 radical (unpaired) electrons. The third-order valence-corrected chi connectivity index (χ3v) is 4.56. The van der Waals surface area contributed by atoms with E-state index < -0.39 is 10.0 Å². The van der Waals surface area contributed by atoms with Crippen molar-refractivity contribution in [3.8, 4) is 0 Å². The summed E-state index contributed by atoms with van der Waals surface area (Å²) in [5, 5.41) is 0. The van der Waals surface area contributed by atoms with Crippen molar-refractivity contribution in [3.63, 3.8) is 0 Å². The van der Waals surface area contributed by atoms with Gasteiger partial charge in [-0.1, -0.05) is 0 Å². The van der Waals surface area contributed by atoms with E-state index in [1.165, 1.54) is 19.1 Å². The molecule has 2 aliphatic rings. The maximum absolute atomic E-state index is 11.2. The Labute approximate surface area is 111 Å². The maximum Gasteiger partial charge on any atom is 0.208 e. The number of hydrogen-bond donors (Lipinski definition) is 1. The summed E-state index contributed by atoms with van der Waals surface area (Å²) in [6.45, 7) is 8.05. The molecule has 0 aromatic rings. The molecule has 2 rings (SSSR count). The molecule has 5 nitrogen and oxygen atoms in total. The summed E-state index contributed by atoms with van der Waals surface area (Å²) in [6, 6.07) is 1.53. The molecule has 1 aliphatic heterocycles. The average Bonchev–Trinajstić information content (AvgIpc) is 3.08. The van der Waals surface area contributed by atoms with Crippen molar-refractivity contribution in [2.75, 3.05) is 32.4 Å². The second-order valence-electron chi connectivity index (χ2n) is 5.83. The van der Waals surface area contributed by atoms with Gasteiger partial charge < -0.3 is 0 Å². The van der Waals surface area contributed by atoms with E-state index in [1.807, 2.05) is 0 Å². The van der Waals surface area contributed by atoms with Crippen LogP contribution in [0.1, 0.15) is 26.7 Å². The van der Waals surface area contributed by atoms with Gasteiger partial charge in [-0.2, -0.15) is 0 Å². The minimum atomic E-state index is -3.09. The first-order chi connectivity index (χ1) is 8.37. The predicted molar refractivity (Wildman–Crippen MR) is 73.1 cm³/mol. The second-order valence-corrected chi connectivity index (χ2v) is 7.67. The molecule has 1 unspecified atom stereocenters. The normalized spacial score (nSPS) is 27.9. The molecule has 6 heteroatoms. The third-order valence-electron chi connectivity index (χ3n) is 3.87. The number of hydrogen-bond acceptors (Lipinski definition) is 4. The lowest BCUT2D eigenvalue weighted by Crippen LogP contribution is -2.59. The van der Waals surface area contributed by atoms with Gasteiger partial charge in [0, 0.05) is 44.3 Å². The monoisotopic (exact) mass is 275 g/mol. The van der Waals surface area contributed by atoms with Gasteiger partial charge >= 0.3 is 0 Å². The highest BCUT2D eigenvalue weighted by atomic mass is 32.2. The van der Waals surface area contributed by atoms with Crippen molar-refractivity contribution in [2.45, 2.75) is 44.8 Å². The first-order valence-corrected chi connectivity index (χ1v) is 8.70. The summed E-state index contributed by atoms with van der Waals surface area (Å²) in [7, 11) is -3.09. The zero-order valence-corrected chi connectivity index (χ0v) is 12.4. The smallest absolute Gasteiger partial charge is 0.208 e. The van der Waals surface area contributed by atoms with Crippen molar-refractivity contribution < 1.29 is 8.42 Å². The third kappa shape index (κ3) is 3.91. The van der Waals surface area contributed by atoms with Crippen LogP contribution in [0.3, 0.4) is 0 Å². The Morgan fingerprint density at radius 3 is 2.44 bits per heavy atom. The first kappa shape index (κ1) is 14.2. The lowest BCUT2D eigenvalue weighted by atomic mass is 10.1. The first-order valence-electron chi connectivity index (χ1n) is 6.81. The van der Waals surface area contributed by atoms with Gasteiger partial charge in [0.25, 0.3) is 0 Å². The van der Waals surface area contributed by atoms with Crippen LogP contribution in [0.5, 0.6) is 0 Å². The van der Waals surface area contributed by atoms with Crippen LogP contribution in [-0.4, -0.2) is 68.8 Å². The van der Waals surface area contributed by atoms with Gasteiger partial charge in [-0.15, -0.1) is 0 Å². The molecule has 0 aromatic heterocycles. The minimum absolute atomic E-state index is 0.300. The van der Waals surface area contributed by atoms with Gasteiger partial charge in [-0.3, -0.25) is 9.80 Å². The summed E-state index contributed by atoms with van der Waals surface area (Å²) in [5.41, 5.74) is 0. The van der Waals surface area contributed by atoms with Gasteiger partial charge in [0.05, 0.1) is 6.26 Å². The van der Waals surface area contributed by atoms with E-state index in [4.69, 9.17) is 0 Å². The van der Waals surface area contributed by atoms with Crippen molar-refractivity contribution >= 4 is 10.0 Å². The van der Waals surface area contributed by atoms with E-state index >= 15 is 0 Å². The largest absolute Gasteiger partial charge is 0.298 e. The fourth-order valence-corrected chi connectivity index (χ4v) is 3.27. The van der Waals surface area contributed by atoms with Crippen LogP contribution in [0.2, 0.25) is 0 Å². The summed E-state index contributed by atoms with van der Waals surface area (Å²) >= 11 is 0. The highest BCUT2D eigenvalue weighted by Crippen LogP contribution is 2.29. The van der Waals surface area contributed by atoms with Crippen molar-refractivity contribution in [1.82, 2.24) is 14.5 Å². The van der Waals surface area contributed by atoms with Crippen LogP contribution in [0.25, 0.3) is 0 Å². The van der Waals surface area contributed by atoms with E-state index in [1.54, 1.807) is 0 Å². The molecule has 1 N–H and O–H groups in total. The summed E-state index contributed by atoms with van der Waals surface area (Å²) < 4.78 is 25.1. The fraction of sp³-hybridized carbons (Fsp3) is 1.00. The SMILES string of the molecule is CC(C)N1CCN(C2CC2)CC1CNS(C)(=O)=O. The zero-order chi connectivity index (χ0) is 13.3. The number of nitrogens with zero attached hydrogens (tertiary/aromatic N) is 2. The van der Waals surface area contributed by atoms with E-state index in [0.29, 0.717) is 18.6 Å². The predicted octanol–water partition coefficient (Wildman–Crippen LogP) is 0.0926. The van der Waals surface area contributed by atoms with Crippen molar-refractivity contribution in [3.05, 3.63) is 0 Å². The molecule has 0 aromatic carbocycles. The van der Waals surface area contributed by atoms with Gasteiger partial charge in [0.1, 0.15) is 0 Å². The Balaban J connectivity index is 1.95. The Bertz CT molecular complexity index is 379. The Morgan fingerprint density at radius 2 is 1.94 bits per heavy atom. The molecule has 1 saturated heterocycles. The Kier molecular flexibility index (Phi) is 4.31. The van der Waals surface area contributed by atoms with E-state index in [0.717, 1.165) is 25.7 Å². The standard InChI is InChI=1S/C12H25N3O2S/c1-10(2)15-7-6-14(11-4-5-11)9-12(15)8-13-18(3,16)17/h10-13H,4-9H2,1-3H3. The molecule has 0 spiro atoms. The molecule has 1 heterocycles. The molecule has 1 saturated carbocycles. The van der Waals surface area contributed by atoms with Crippen molar-refractivity contribution in [1.29, 1.82) is 0 Å². The molecular formula is C12H25N3O2S. The number of rotatable bonds is 5. The quantitative estimate of drug-likeness (QED) is 0.773. The number of nitrogens with one attached hydrogen (secondary N) is 1. The van der Waals surface area contributed by atoms with Crippen LogP contribution < -0.4 is 4.72 Å². The molecular weight excluding hydrogens is 250 g/mol. The molecule has 1 aliphatic carbocycles. The zero-order valence-electron chi connectivity index (χ0n) is 11.6. The molecule has 0 bridgehead atoms. The average molecular weight is 275 g/mol. The molecule has 18 heavy (non-hydrogen) atoms. The molecule has 1 atom stereocenters. The van der Waals surface area contributed by atoms with Gasteiger partial charge in [0.2, 0.25) is 10.0 Å². The van der Waals surface area contributed by atoms with E-state index in [-0.39, 0.29) is 0 Å². The Morgan fingerprint density at radius 1 is 1.28 bits per heavy atom. The lowest BCUT2D eigenvalue weighted by Gasteiger charge is -2.43. The lowest BCUT2D eigenvalue weighted by molar-refractivity contribution is 0.0497. The van der Waals surface area contributed by atoms with Gasteiger partial charge in [0.15, 0.2) is 0 Å². The van der Waals surface area contributed by atoms with Crippen LogP contribution in [0.4, 0.5) is 0 Å². The van der Waals surface area contributed by atoms with Crippen LogP contribution in [0.15, 0.2) is 0 Å². The summed E-state index contributed by atoms with van der Waals surface area (Å²) in [4.78, 5) is 4.94. The molecule has 106 valence electrons. The highest BCUT2D eigenvalue weighted by molar-refractivity contribution is 7.88. The van der Waals surface area contributed by atoms with Crippen molar-refractivity contribution in [2.24, 2.45) is 0 Å².